The molecule has 1 unspecified atom stereocenters. The average Bonchev–Trinajstić information content (AvgIpc) is 3.01. The molecule has 0 aromatic carbocycles. The first-order chi connectivity index (χ1) is 8.36. The van der Waals surface area contributed by atoms with Gasteiger partial charge in [0.05, 0.1) is 6.10 Å². The fraction of sp³-hybridized carbons (Fsp3) is 1.00. The Bertz CT molecular complexity index is 198. The van der Waals surface area contributed by atoms with Gasteiger partial charge in [-0.15, -0.1) is 0 Å². The van der Waals surface area contributed by atoms with E-state index in [-0.39, 0.29) is 0 Å². The summed E-state index contributed by atoms with van der Waals surface area (Å²) in [6.07, 6.45) is 9.93. The third-order valence-corrected chi connectivity index (χ3v) is 4.26. The molecular formula is C14H28N2O. The van der Waals surface area contributed by atoms with Crippen LogP contribution in [0.15, 0.2) is 0 Å². The van der Waals surface area contributed by atoms with Crippen LogP contribution in [-0.2, 0) is 4.74 Å². The van der Waals surface area contributed by atoms with Crippen molar-refractivity contribution in [2.24, 2.45) is 0 Å². The van der Waals surface area contributed by atoms with Crippen molar-refractivity contribution in [1.82, 2.24) is 10.2 Å². The van der Waals surface area contributed by atoms with Crippen molar-refractivity contribution in [3.63, 3.8) is 0 Å². The molecule has 2 fully saturated rings. The highest BCUT2D eigenvalue weighted by atomic mass is 16.5. The quantitative estimate of drug-likeness (QED) is 0.689. The molecule has 1 aliphatic carbocycles. The first kappa shape index (κ1) is 13.3. The van der Waals surface area contributed by atoms with Crippen molar-refractivity contribution in [2.45, 2.75) is 57.1 Å². The molecule has 100 valence electrons. The lowest BCUT2D eigenvalue weighted by Crippen LogP contribution is -2.36. The Hall–Kier alpha value is -0.120. The van der Waals surface area contributed by atoms with Gasteiger partial charge in [-0.25, -0.2) is 0 Å². The fourth-order valence-electron chi connectivity index (χ4n) is 3.04. The second-order valence-corrected chi connectivity index (χ2v) is 5.59. The lowest BCUT2D eigenvalue weighted by molar-refractivity contribution is 0.104. The summed E-state index contributed by atoms with van der Waals surface area (Å²) in [4.78, 5) is 2.53. The highest BCUT2D eigenvalue weighted by Gasteiger charge is 2.19. The van der Waals surface area contributed by atoms with Gasteiger partial charge in [-0.05, 0) is 45.7 Å². The molecule has 0 aromatic heterocycles. The summed E-state index contributed by atoms with van der Waals surface area (Å²) in [6, 6.07) is 0.856. The van der Waals surface area contributed by atoms with E-state index >= 15 is 0 Å². The molecule has 17 heavy (non-hydrogen) atoms. The largest absolute Gasteiger partial charge is 0.378 e. The predicted molar refractivity (Wildman–Crippen MR) is 71.3 cm³/mol. The van der Waals surface area contributed by atoms with Crippen LogP contribution in [0, 0.1) is 0 Å². The topological polar surface area (TPSA) is 24.5 Å². The van der Waals surface area contributed by atoms with Gasteiger partial charge in [0.1, 0.15) is 0 Å². The van der Waals surface area contributed by atoms with E-state index in [0.29, 0.717) is 6.10 Å². The molecule has 0 aromatic rings. The van der Waals surface area contributed by atoms with Crippen LogP contribution < -0.4 is 5.32 Å². The van der Waals surface area contributed by atoms with Crippen molar-refractivity contribution >= 4 is 0 Å². The van der Waals surface area contributed by atoms with Crippen LogP contribution in [0.5, 0.6) is 0 Å². The SMILES string of the molecule is CN(CCNCCC1CCCO1)C1CCCC1. The molecule has 1 atom stereocenters. The molecule has 1 heterocycles. The third kappa shape index (κ3) is 4.57. The van der Waals surface area contributed by atoms with Crippen LogP contribution in [-0.4, -0.2) is 50.3 Å². The molecular weight excluding hydrogens is 212 g/mol. The first-order valence-electron chi connectivity index (χ1n) is 7.39. The molecule has 2 aliphatic rings. The first-order valence-corrected chi connectivity index (χ1v) is 7.39. The maximum absolute atomic E-state index is 5.61. The molecule has 2 rings (SSSR count). The van der Waals surface area contributed by atoms with Gasteiger partial charge in [-0.2, -0.15) is 0 Å². The lowest BCUT2D eigenvalue weighted by atomic mass is 10.2. The lowest BCUT2D eigenvalue weighted by Gasteiger charge is -2.24. The molecule has 0 radical (unpaired) electrons. The second-order valence-electron chi connectivity index (χ2n) is 5.59. The van der Waals surface area contributed by atoms with Gasteiger partial charge < -0.3 is 15.0 Å². The summed E-state index contributed by atoms with van der Waals surface area (Å²) >= 11 is 0. The molecule has 3 heteroatoms. The second kappa shape index (κ2) is 7.34. The third-order valence-electron chi connectivity index (χ3n) is 4.26. The van der Waals surface area contributed by atoms with Gasteiger partial charge in [0, 0.05) is 25.7 Å². The van der Waals surface area contributed by atoms with Crippen molar-refractivity contribution in [1.29, 1.82) is 0 Å². The maximum Gasteiger partial charge on any atom is 0.0588 e. The summed E-state index contributed by atoms with van der Waals surface area (Å²) in [7, 11) is 2.28. The highest BCUT2D eigenvalue weighted by Crippen LogP contribution is 2.21. The number of hydrogen-bond donors (Lipinski definition) is 1. The van der Waals surface area contributed by atoms with Crippen molar-refractivity contribution in [2.75, 3.05) is 33.3 Å². The zero-order chi connectivity index (χ0) is 11.9. The smallest absolute Gasteiger partial charge is 0.0588 e. The van der Waals surface area contributed by atoms with Gasteiger partial charge in [0.25, 0.3) is 0 Å². The Morgan fingerprint density at radius 1 is 1.12 bits per heavy atom. The Morgan fingerprint density at radius 2 is 1.94 bits per heavy atom. The van der Waals surface area contributed by atoms with Crippen LogP contribution in [0.1, 0.15) is 44.9 Å². The van der Waals surface area contributed by atoms with E-state index in [2.05, 4.69) is 17.3 Å². The minimum atomic E-state index is 0.537. The van der Waals surface area contributed by atoms with Crippen LogP contribution in [0.3, 0.4) is 0 Å². The Morgan fingerprint density at radius 3 is 2.65 bits per heavy atom. The summed E-state index contributed by atoms with van der Waals surface area (Å²) in [5.41, 5.74) is 0. The van der Waals surface area contributed by atoms with E-state index < -0.39 is 0 Å². The van der Waals surface area contributed by atoms with Gasteiger partial charge in [0.15, 0.2) is 0 Å². The molecule has 0 spiro atoms. The Balaban J connectivity index is 1.45. The minimum Gasteiger partial charge on any atom is -0.378 e. The molecule has 0 amide bonds. The number of likely N-dealkylation sites (N-methyl/N-ethyl adjacent to an activating group) is 1. The van der Waals surface area contributed by atoms with Crippen LogP contribution >= 0.6 is 0 Å². The molecule has 3 nitrogen and oxygen atoms in total. The van der Waals surface area contributed by atoms with Gasteiger partial charge >= 0.3 is 0 Å². The van der Waals surface area contributed by atoms with E-state index in [1.165, 1.54) is 51.5 Å². The predicted octanol–water partition coefficient (Wildman–Crippen LogP) is 2.02. The standard InChI is InChI=1S/C14H28N2O/c1-16(13-5-2-3-6-13)11-10-15-9-8-14-7-4-12-17-14/h13-15H,2-12H2,1H3. The fourth-order valence-corrected chi connectivity index (χ4v) is 3.04. The number of nitrogens with one attached hydrogen (secondary N) is 1. The van der Waals surface area contributed by atoms with Gasteiger partial charge in [-0.1, -0.05) is 12.8 Å². The zero-order valence-electron chi connectivity index (χ0n) is 11.3. The van der Waals surface area contributed by atoms with E-state index in [1.54, 1.807) is 0 Å². The zero-order valence-corrected chi connectivity index (χ0v) is 11.3. The molecule has 1 aliphatic heterocycles. The number of nitrogens with zero attached hydrogens (tertiary/aromatic N) is 1. The van der Waals surface area contributed by atoms with Crippen LogP contribution in [0.25, 0.3) is 0 Å². The molecule has 1 N–H and O–H groups in total. The number of hydrogen-bond acceptors (Lipinski definition) is 3. The van der Waals surface area contributed by atoms with Crippen molar-refractivity contribution in [3.05, 3.63) is 0 Å². The minimum absolute atomic E-state index is 0.537. The van der Waals surface area contributed by atoms with E-state index in [9.17, 15) is 0 Å². The summed E-state index contributed by atoms with van der Waals surface area (Å²) in [5.74, 6) is 0. The summed E-state index contributed by atoms with van der Waals surface area (Å²) in [6.45, 7) is 4.41. The Kier molecular flexibility index (Phi) is 5.75. The van der Waals surface area contributed by atoms with Crippen molar-refractivity contribution in [3.8, 4) is 0 Å². The summed E-state index contributed by atoms with van der Waals surface area (Å²) in [5, 5.41) is 3.54. The van der Waals surface area contributed by atoms with Crippen LogP contribution in [0.2, 0.25) is 0 Å². The monoisotopic (exact) mass is 240 g/mol. The van der Waals surface area contributed by atoms with E-state index in [4.69, 9.17) is 4.74 Å². The normalized spacial score (nSPS) is 26.1. The molecule has 0 bridgehead atoms. The van der Waals surface area contributed by atoms with Gasteiger partial charge in [0.2, 0.25) is 0 Å². The van der Waals surface area contributed by atoms with E-state index in [0.717, 1.165) is 25.7 Å². The van der Waals surface area contributed by atoms with Crippen LogP contribution in [0.4, 0.5) is 0 Å². The van der Waals surface area contributed by atoms with Gasteiger partial charge in [-0.3, -0.25) is 0 Å². The maximum atomic E-state index is 5.61. The van der Waals surface area contributed by atoms with E-state index in [1.807, 2.05) is 0 Å². The number of ether oxygens (including phenoxy) is 1. The summed E-state index contributed by atoms with van der Waals surface area (Å²) < 4.78 is 5.61. The molecule has 1 saturated heterocycles. The molecule has 1 saturated carbocycles. The highest BCUT2D eigenvalue weighted by molar-refractivity contribution is 4.75. The van der Waals surface area contributed by atoms with Crippen molar-refractivity contribution < 1.29 is 4.74 Å². The average molecular weight is 240 g/mol. The Labute approximate surface area is 106 Å². The number of rotatable bonds is 7.